The van der Waals surface area contributed by atoms with E-state index in [1.807, 2.05) is 53.4 Å². The van der Waals surface area contributed by atoms with Gasteiger partial charge in [0.1, 0.15) is 6.04 Å². The highest BCUT2D eigenvalue weighted by atomic mass is 16.5. The van der Waals surface area contributed by atoms with Crippen molar-refractivity contribution >= 4 is 5.91 Å². The number of carbonyl (C=O) groups is 1. The predicted molar refractivity (Wildman–Crippen MR) is 107 cm³/mol. The van der Waals surface area contributed by atoms with E-state index in [4.69, 9.17) is 14.0 Å². The van der Waals surface area contributed by atoms with Crippen molar-refractivity contribution in [3.8, 4) is 22.9 Å². The van der Waals surface area contributed by atoms with Crippen LogP contribution in [0.15, 0.2) is 53.1 Å². The second kappa shape index (κ2) is 8.34. The first-order valence-corrected chi connectivity index (χ1v) is 9.59. The molecular weight excluding hydrogens is 370 g/mol. The van der Waals surface area contributed by atoms with Crippen LogP contribution in [0.3, 0.4) is 0 Å². The normalized spacial score (nSPS) is 16.1. The molecule has 1 atom stereocenters. The number of amides is 1. The van der Waals surface area contributed by atoms with E-state index < -0.39 is 0 Å². The Bertz CT molecular complexity index is 987. The van der Waals surface area contributed by atoms with Gasteiger partial charge < -0.3 is 18.9 Å². The van der Waals surface area contributed by atoms with Crippen LogP contribution in [0.5, 0.6) is 11.5 Å². The summed E-state index contributed by atoms with van der Waals surface area (Å²) in [7, 11) is 3.17. The van der Waals surface area contributed by atoms with Gasteiger partial charge in [0.25, 0.3) is 0 Å². The summed E-state index contributed by atoms with van der Waals surface area (Å²) in [4.78, 5) is 19.4. The standard InChI is InChI=1S/C22H23N3O4/c1-27-18-11-10-15(13-19(18)28-2)14-20(26)25-12-6-9-17(25)22-23-21(24-29-22)16-7-4-3-5-8-16/h3-5,7-8,10-11,13,17H,6,9,12,14H2,1-2H3/t17-/m0/s1. The highest BCUT2D eigenvalue weighted by molar-refractivity contribution is 5.79. The number of methoxy groups -OCH3 is 2. The van der Waals surface area contributed by atoms with Gasteiger partial charge in [-0.25, -0.2) is 0 Å². The molecule has 4 rings (SSSR count). The zero-order chi connectivity index (χ0) is 20.2. The molecule has 7 nitrogen and oxygen atoms in total. The summed E-state index contributed by atoms with van der Waals surface area (Å²) >= 11 is 0. The van der Waals surface area contributed by atoms with Crippen molar-refractivity contribution in [3.05, 3.63) is 60.0 Å². The van der Waals surface area contributed by atoms with E-state index in [1.54, 1.807) is 14.2 Å². The number of benzene rings is 2. The zero-order valence-electron chi connectivity index (χ0n) is 16.5. The maximum atomic E-state index is 13.0. The Balaban J connectivity index is 1.50. The lowest BCUT2D eigenvalue weighted by atomic mass is 10.1. The number of ether oxygens (including phenoxy) is 2. The Morgan fingerprint density at radius 3 is 2.69 bits per heavy atom. The summed E-state index contributed by atoms with van der Waals surface area (Å²) in [6, 6.07) is 15.0. The molecule has 1 fully saturated rings. The van der Waals surface area contributed by atoms with Gasteiger partial charge in [0.2, 0.25) is 17.6 Å². The minimum atomic E-state index is -0.187. The Morgan fingerprint density at radius 1 is 1.14 bits per heavy atom. The molecular formula is C22H23N3O4. The average molecular weight is 393 g/mol. The lowest BCUT2D eigenvalue weighted by Crippen LogP contribution is -2.32. The van der Waals surface area contributed by atoms with Crippen molar-refractivity contribution in [2.75, 3.05) is 20.8 Å². The smallest absolute Gasteiger partial charge is 0.249 e. The number of aromatic nitrogens is 2. The van der Waals surface area contributed by atoms with Crippen LogP contribution in [-0.2, 0) is 11.2 Å². The molecule has 29 heavy (non-hydrogen) atoms. The second-order valence-corrected chi connectivity index (χ2v) is 6.93. The summed E-state index contributed by atoms with van der Waals surface area (Å²) in [6.45, 7) is 0.680. The van der Waals surface area contributed by atoms with E-state index in [2.05, 4.69) is 10.1 Å². The number of hydrogen-bond acceptors (Lipinski definition) is 6. The Morgan fingerprint density at radius 2 is 1.93 bits per heavy atom. The van der Waals surface area contributed by atoms with Gasteiger partial charge in [-0.05, 0) is 30.5 Å². The van der Waals surface area contributed by atoms with Crippen LogP contribution in [0.2, 0.25) is 0 Å². The maximum absolute atomic E-state index is 13.0. The van der Waals surface area contributed by atoms with E-state index >= 15 is 0 Å². The van der Waals surface area contributed by atoms with Crippen LogP contribution in [-0.4, -0.2) is 41.7 Å². The van der Waals surface area contributed by atoms with Gasteiger partial charge in [-0.1, -0.05) is 41.6 Å². The fraction of sp³-hybridized carbons (Fsp3) is 0.318. The Hall–Kier alpha value is -3.35. The number of likely N-dealkylation sites (tertiary alicyclic amines) is 1. The first-order valence-electron chi connectivity index (χ1n) is 9.59. The first-order chi connectivity index (χ1) is 14.2. The molecule has 1 aliphatic heterocycles. The Kier molecular flexibility index (Phi) is 5.46. The SMILES string of the molecule is COc1ccc(CC(=O)N2CCC[C@H]2c2nc(-c3ccccc3)no2)cc1OC. The van der Waals surface area contributed by atoms with E-state index in [1.165, 1.54) is 0 Å². The average Bonchev–Trinajstić information content (AvgIpc) is 3.43. The van der Waals surface area contributed by atoms with Crippen molar-refractivity contribution in [1.82, 2.24) is 15.0 Å². The molecule has 3 aromatic rings. The molecule has 1 aliphatic rings. The van der Waals surface area contributed by atoms with E-state index in [0.29, 0.717) is 29.8 Å². The van der Waals surface area contributed by atoms with Gasteiger partial charge in [0.15, 0.2) is 11.5 Å². The predicted octanol–water partition coefficient (Wildman–Crippen LogP) is 3.66. The summed E-state index contributed by atoms with van der Waals surface area (Å²) in [5, 5.41) is 4.10. The number of rotatable bonds is 6. The molecule has 7 heteroatoms. The fourth-order valence-corrected chi connectivity index (χ4v) is 3.66. The molecule has 0 N–H and O–H groups in total. The summed E-state index contributed by atoms with van der Waals surface area (Å²) in [6.07, 6.45) is 2.00. The first kappa shape index (κ1) is 19.0. The van der Waals surface area contributed by atoms with Gasteiger partial charge in [0, 0.05) is 12.1 Å². The van der Waals surface area contributed by atoms with Gasteiger partial charge in [0.05, 0.1) is 20.6 Å². The van der Waals surface area contributed by atoms with Crippen molar-refractivity contribution in [1.29, 1.82) is 0 Å². The summed E-state index contributed by atoms with van der Waals surface area (Å²) < 4.78 is 16.1. The number of nitrogens with zero attached hydrogens (tertiary/aromatic N) is 3. The second-order valence-electron chi connectivity index (χ2n) is 6.93. The van der Waals surface area contributed by atoms with Gasteiger partial charge >= 0.3 is 0 Å². The van der Waals surface area contributed by atoms with E-state index in [-0.39, 0.29) is 18.4 Å². The lowest BCUT2D eigenvalue weighted by Gasteiger charge is -2.22. The highest BCUT2D eigenvalue weighted by Gasteiger charge is 2.34. The third kappa shape index (κ3) is 3.94. The molecule has 0 unspecified atom stereocenters. The fourth-order valence-electron chi connectivity index (χ4n) is 3.66. The largest absolute Gasteiger partial charge is 0.493 e. The molecule has 2 aromatic carbocycles. The van der Waals surface area contributed by atoms with Crippen molar-refractivity contribution in [3.63, 3.8) is 0 Å². The molecule has 2 heterocycles. The molecule has 1 saturated heterocycles. The van der Waals surface area contributed by atoms with Crippen LogP contribution in [0.4, 0.5) is 0 Å². The lowest BCUT2D eigenvalue weighted by molar-refractivity contribution is -0.131. The minimum absolute atomic E-state index is 0.0270. The number of carbonyl (C=O) groups excluding carboxylic acids is 1. The van der Waals surface area contributed by atoms with Crippen LogP contribution < -0.4 is 9.47 Å². The van der Waals surface area contributed by atoms with Crippen LogP contribution >= 0.6 is 0 Å². The third-order valence-corrected chi connectivity index (χ3v) is 5.14. The molecule has 1 aromatic heterocycles. The Labute approximate surface area is 169 Å². The van der Waals surface area contributed by atoms with Crippen LogP contribution in [0.1, 0.15) is 30.3 Å². The molecule has 0 radical (unpaired) electrons. The van der Waals surface area contributed by atoms with Crippen LogP contribution in [0.25, 0.3) is 11.4 Å². The third-order valence-electron chi connectivity index (χ3n) is 5.14. The molecule has 0 spiro atoms. The molecule has 0 saturated carbocycles. The zero-order valence-corrected chi connectivity index (χ0v) is 16.5. The van der Waals surface area contributed by atoms with Gasteiger partial charge in [-0.3, -0.25) is 4.79 Å². The van der Waals surface area contributed by atoms with Crippen molar-refractivity contribution < 1.29 is 18.8 Å². The quantitative estimate of drug-likeness (QED) is 0.636. The van der Waals surface area contributed by atoms with E-state index in [9.17, 15) is 4.79 Å². The highest BCUT2D eigenvalue weighted by Crippen LogP contribution is 2.33. The molecule has 150 valence electrons. The monoisotopic (exact) mass is 393 g/mol. The molecule has 1 amide bonds. The summed E-state index contributed by atoms with van der Waals surface area (Å²) in [5.74, 6) is 2.31. The van der Waals surface area contributed by atoms with Crippen molar-refractivity contribution in [2.45, 2.75) is 25.3 Å². The van der Waals surface area contributed by atoms with Gasteiger partial charge in [-0.2, -0.15) is 4.98 Å². The van der Waals surface area contributed by atoms with Crippen molar-refractivity contribution in [2.24, 2.45) is 0 Å². The topological polar surface area (TPSA) is 77.7 Å². The number of hydrogen-bond donors (Lipinski definition) is 0. The molecule has 0 aliphatic carbocycles. The van der Waals surface area contributed by atoms with Gasteiger partial charge in [-0.15, -0.1) is 0 Å². The minimum Gasteiger partial charge on any atom is -0.493 e. The van der Waals surface area contributed by atoms with E-state index in [0.717, 1.165) is 24.0 Å². The maximum Gasteiger partial charge on any atom is 0.249 e. The molecule has 0 bridgehead atoms. The van der Waals surface area contributed by atoms with Crippen LogP contribution in [0, 0.1) is 0 Å². The summed E-state index contributed by atoms with van der Waals surface area (Å²) in [5.41, 5.74) is 1.76.